The van der Waals surface area contributed by atoms with Crippen LogP contribution in [0.25, 0.3) is 15.9 Å². The largest absolute Gasteiger partial charge is 0.384 e. The van der Waals surface area contributed by atoms with Gasteiger partial charge in [0, 0.05) is 44.0 Å². The third kappa shape index (κ3) is 2.61. The van der Waals surface area contributed by atoms with Crippen LogP contribution in [0.1, 0.15) is 19.8 Å². The van der Waals surface area contributed by atoms with Crippen molar-refractivity contribution < 1.29 is 9.90 Å². The number of rotatable bonds is 3. The first kappa shape index (κ1) is 16.9. The van der Waals surface area contributed by atoms with E-state index in [1.165, 1.54) is 6.92 Å². The number of aromatic nitrogens is 2. The minimum Gasteiger partial charge on any atom is -0.384 e. The van der Waals surface area contributed by atoms with E-state index >= 15 is 0 Å². The second kappa shape index (κ2) is 6.29. The molecule has 0 bridgehead atoms. The SMILES string of the molecule is [C-]#[N+]c1cnc2[nH]ccc2c1N(C)C1C[C@@H]2CN(C(=O)[C@H](C)O)C[C@@H]2C1. The number of carbonyl (C=O) groups is 1. The summed E-state index contributed by atoms with van der Waals surface area (Å²) in [6, 6.07) is 2.32. The third-order valence-electron chi connectivity index (χ3n) is 5.95. The van der Waals surface area contributed by atoms with Crippen LogP contribution in [0.3, 0.4) is 0 Å². The topological polar surface area (TPSA) is 76.8 Å². The van der Waals surface area contributed by atoms with Gasteiger partial charge in [-0.25, -0.2) is 4.85 Å². The zero-order valence-corrected chi connectivity index (χ0v) is 15.0. The van der Waals surface area contributed by atoms with Gasteiger partial charge in [0.2, 0.25) is 5.69 Å². The Kier molecular flexibility index (Phi) is 4.08. The summed E-state index contributed by atoms with van der Waals surface area (Å²) in [4.78, 5) is 27.2. The maximum atomic E-state index is 12.0. The first-order valence-corrected chi connectivity index (χ1v) is 9.02. The Morgan fingerprint density at radius 2 is 2.15 bits per heavy atom. The first-order valence-electron chi connectivity index (χ1n) is 9.02. The van der Waals surface area contributed by atoms with Crippen LogP contribution in [0.2, 0.25) is 0 Å². The quantitative estimate of drug-likeness (QED) is 0.829. The fourth-order valence-electron chi connectivity index (χ4n) is 4.65. The zero-order valence-electron chi connectivity index (χ0n) is 15.0. The number of anilines is 1. The molecule has 136 valence electrons. The highest BCUT2D eigenvalue weighted by Gasteiger charge is 2.44. The number of fused-ring (bicyclic) bond motifs is 2. The predicted octanol–water partition coefficient (Wildman–Crippen LogP) is 2.17. The maximum Gasteiger partial charge on any atom is 0.251 e. The number of likely N-dealkylation sites (tertiary alicyclic amines) is 1. The van der Waals surface area contributed by atoms with Gasteiger partial charge in [0.1, 0.15) is 11.8 Å². The molecule has 1 unspecified atom stereocenters. The number of nitrogens with one attached hydrogen (secondary N) is 1. The first-order chi connectivity index (χ1) is 12.5. The van der Waals surface area contributed by atoms with Gasteiger partial charge in [0.15, 0.2) is 0 Å². The average Bonchev–Trinajstić information content (AvgIpc) is 3.32. The molecule has 2 aliphatic rings. The molecule has 2 N–H and O–H groups in total. The molecule has 2 aromatic heterocycles. The molecule has 1 amide bonds. The molecular formula is C19H23N5O2. The summed E-state index contributed by atoms with van der Waals surface area (Å²) < 4.78 is 0. The Balaban J connectivity index is 1.54. The van der Waals surface area contributed by atoms with Crippen LogP contribution in [0.5, 0.6) is 0 Å². The number of hydrogen-bond donors (Lipinski definition) is 2. The highest BCUT2D eigenvalue weighted by molar-refractivity contribution is 5.97. The Hall–Kier alpha value is -2.59. The number of H-pyrrole nitrogens is 1. The van der Waals surface area contributed by atoms with E-state index in [0.717, 1.165) is 42.7 Å². The van der Waals surface area contributed by atoms with E-state index in [0.29, 0.717) is 23.6 Å². The van der Waals surface area contributed by atoms with E-state index in [-0.39, 0.29) is 5.91 Å². The third-order valence-corrected chi connectivity index (χ3v) is 5.95. The monoisotopic (exact) mass is 353 g/mol. The van der Waals surface area contributed by atoms with Crippen LogP contribution in [-0.4, -0.2) is 58.2 Å². The number of amides is 1. The van der Waals surface area contributed by atoms with Crippen LogP contribution >= 0.6 is 0 Å². The van der Waals surface area contributed by atoms with Crippen molar-refractivity contribution in [1.82, 2.24) is 14.9 Å². The standard InChI is InChI=1S/C19H23N5O2/c1-11(25)19(26)24-9-12-6-14(7-13(12)10-24)23(3)17-15-4-5-21-18(15)22-8-16(17)20-2/h4-5,8,11-14,25H,6-7,9-10H2,1,3H3,(H,21,22)/t11-,12-,13+,14?/m0/s1. The zero-order chi connectivity index (χ0) is 18.4. The van der Waals surface area contributed by atoms with Crippen LogP contribution < -0.4 is 4.90 Å². The summed E-state index contributed by atoms with van der Waals surface area (Å²) in [5.74, 6) is 0.762. The molecule has 1 aliphatic carbocycles. The summed E-state index contributed by atoms with van der Waals surface area (Å²) >= 11 is 0. The molecule has 2 fully saturated rings. The van der Waals surface area contributed by atoms with Gasteiger partial charge in [-0.05, 0) is 37.7 Å². The molecule has 0 aromatic carbocycles. The second-order valence-electron chi connectivity index (χ2n) is 7.52. The van der Waals surface area contributed by atoms with Gasteiger partial charge in [-0.1, -0.05) is 0 Å². The van der Waals surface area contributed by atoms with Crippen molar-refractivity contribution in [3.8, 4) is 0 Å². The maximum absolute atomic E-state index is 12.0. The average molecular weight is 353 g/mol. The Labute approximate surface area is 152 Å². The van der Waals surface area contributed by atoms with Gasteiger partial charge in [-0.15, -0.1) is 0 Å². The minimum atomic E-state index is -0.924. The van der Waals surface area contributed by atoms with Gasteiger partial charge in [-0.3, -0.25) is 9.78 Å². The Morgan fingerprint density at radius 3 is 2.77 bits per heavy atom. The van der Waals surface area contributed by atoms with Gasteiger partial charge >= 0.3 is 0 Å². The summed E-state index contributed by atoms with van der Waals surface area (Å²) in [5.41, 5.74) is 2.31. The van der Waals surface area contributed by atoms with Crippen LogP contribution in [-0.2, 0) is 4.79 Å². The number of pyridine rings is 1. The highest BCUT2D eigenvalue weighted by atomic mass is 16.3. The molecule has 4 atom stereocenters. The molecule has 1 saturated carbocycles. The highest BCUT2D eigenvalue weighted by Crippen LogP contribution is 2.44. The summed E-state index contributed by atoms with van der Waals surface area (Å²) in [6.45, 7) is 10.5. The smallest absolute Gasteiger partial charge is 0.251 e. The molecule has 2 aromatic rings. The van der Waals surface area contributed by atoms with Crippen molar-refractivity contribution >= 4 is 28.3 Å². The second-order valence-corrected chi connectivity index (χ2v) is 7.52. The fraction of sp³-hybridized carbons (Fsp3) is 0.526. The van der Waals surface area contributed by atoms with E-state index in [1.807, 2.05) is 12.3 Å². The number of carbonyl (C=O) groups excluding carboxylic acids is 1. The number of aromatic amines is 1. The molecule has 4 rings (SSSR count). The van der Waals surface area contributed by atoms with Crippen molar-refractivity contribution in [3.63, 3.8) is 0 Å². The minimum absolute atomic E-state index is 0.164. The Morgan fingerprint density at radius 1 is 1.46 bits per heavy atom. The molecule has 1 aliphatic heterocycles. The van der Waals surface area contributed by atoms with E-state index in [9.17, 15) is 9.90 Å². The van der Waals surface area contributed by atoms with Crippen molar-refractivity contribution in [2.24, 2.45) is 11.8 Å². The number of hydrogen-bond acceptors (Lipinski definition) is 4. The molecule has 26 heavy (non-hydrogen) atoms. The van der Waals surface area contributed by atoms with E-state index < -0.39 is 6.10 Å². The van der Waals surface area contributed by atoms with Crippen molar-refractivity contribution in [2.75, 3.05) is 25.0 Å². The summed E-state index contributed by atoms with van der Waals surface area (Å²) in [6.07, 6.45) is 4.56. The number of aliphatic hydroxyl groups excluding tert-OH is 1. The molecule has 7 heteroatoms. The van der Waals surface area contributed by atoms with Crippen LogP contribution in [0.4, 0.5) is 11.4 Å². The lowest BCUT2D eigenvalue weighted by molar-refractivity contribution is -0.138. The van der Waals surface area contributed by atoms with Crippen LogP contribution in [0, 0.1) is 18.4 Å². The van der Waals surface area contributed by atoms with Gasteiger partial charge < -0.3 is 19.9 Å². The van der Waals surface area contributed by atoms with Crippen LogP contribution in [0.15, 0.2) is 18.5 Å². The van der Waals surface area contributed by atoms with Crippen molar-refractivity contribution in [3.05, 3.63) is 29.9 Å². The lowest BCUT2D eigenvalue weighted by Gasteiger charge is -2.30. The molecule has 7 nitrogen and oxygen atoms in total. The number of nitrogens with zero attached hydrogens (tertiary/aromatic N) is 4. The van der Waals surface area contributed by atoms with Crippen molar-refractivity contribution in [2.45, 2.75) is 31.9 Å². The lowest BCUT2D eigenvalue weighted by atomic mass is 10.0. The predicted molar refractivity (Wildman–Crippen MR) is 99.0 cm³/mol. The van der Waals surface area contributed by atoms with Gasteiger partial charge in [0.25, 0.3) is 5.91 Å². The van der Waals surface area contributed by atoms with E-state index in [1.54, 1.807) is 11.1 Å². The number of aliphatic hydroxyl groups is 1. The van der Waals surface area contributed by atoms with Gasteiger partial charge in [0.05, 0.1) is 12.3 Å². The summed E-state index contributed by atoms with van der Waals surface area (Å²) in [7, 11) is 2.06. The molecule has 0 spiro atoms. The van der Waals surface area contributed by atoms with E-state index in [2.05, 4.69) is 26.8 Å². The molecule has 1 saturated heterocycles. The van der Waals surface area contributed by atoms with Gasteiger partial charge in [-0.2, -0.15) is 0 Å². The Bertz CT molecular complexity index is 870. The van der Waals surface area contributed by atoms with Crippen molar-refractivity contribution in [1.29, 1.82) is 0 Å². The lowest BCUT2D eigenvalue weighted by Crippen LogP contribution is -2.38. The summed E-state index contributed by atoms with van der Waals surface area (Å²) in [5, 5.41) is 10.5. The fourth-order valence-corrected chi connectivity index (χ4v) is 4.65. The normalized spacial score (nSPS) is 25.9. The molecular weight excluding hydrogens is 330 g/mol. The molecule has 3 heterocycles. The van der Waals surface area contributed by atoms with E-state index in [4.69, 9.17) is 6.57 Å². The molecule has 0 radical (unpaired) electrons.